The zero-order valence-corrected chi connectivity index (χ0v) is 15.8. The van der Waals surface area contributed by atoms with E-state index in [1.165, 1.54) is 18.4 Å². The van der Waals surface area contributed by atoms with Crippen LogP contribution in [-0.4, -0.2) is 53.8 Å². The third kappa shape index (κ3) is 6.72. The lowest BCUT2D eigenvalue weighted by molar-refractivity contribution is -0.132. The van der Waals surface area contributed by atoms with Gasteiger partial charge in [-0.3, -0.25) is 9.59 Å². The standard InChI is InChI=1S/C18H24N4O4S/c1-26-11-13(19)17(24)22-14(9-12-5-3-2-4-6-12)16(23)18(25)21-10-15-20-7-8-27-15/h2-8,13-14,16,23H,9-11,19H2,1H3,(H,21,25)(H,22,24)/t13-,14-,16+/m1/s1. The molecule has 3 atom stereocenters. The minimum atomic E-state index is -1.44. The topological polar surface area (TPSA) is 127 Å². The molecule has 27 heavy (non-hydrogen) atoms. The van der Waals surface area contributed by atoms with Crippen molar-refractivity contribution in [2.75, 3.05) is 13.7 Å². The molecule has 5 N–H and O–H groups in total. The smallest absolute Gasteiger partial charge is 0.251 e. The number of nitrogens with one attached hydrogen (secondary N) is 2. The van der Waals surface area contributed by atoms with Crippen LogP contribution in [0.5, 0.6) is 0 Å². The minimum absolute atomic E-state index is 0.0379. The molecule has 0 aliphatic carbocycles. The summed E-state index contributed by atoms with van der Waals surface area (Å²) in [4.78, 5) is 28.7. The maximum Gasteiger partial charge on any atom is 0.251 e. The Morgan fingerprint density at radius 2 is 2.04 bits per heavy atom. The van der Waals surface area contributed by atoms with Crippen LogP contribution in [0.3, 0.4) is 0 Å². The quantitative estimate of drug-likeness (QED) is 0.444. The molecule has 2 amide bonds. The summed E-state index contributed by atoms with van der Waals surface area (Å²) >= 11 is 1.40. The van der Waals surface area contributed by atoms with Crippen LogP contribution in [0.1, 0.15) is 10.6 Å². The predicted molar refractivity (Wildman–Crippen MR) is 102 cm³/mol. The van der Waals surface area contributed by atoms with Crippen LogP contribution in [0.15, 0.2) is 41.9 Å². The van der Waals surface area contributed by atoms with Gasteiger partial charge in [-0.15, -0.1) is 11.3 Å². The maximum absolute atomic E-state index is 12.4. The van der Waals surface area contributed by atoms with Gasteiger partial charge in [0.1, 0.15) is 11.0 Å². The highest BCUT2D eigenvalue weighted by Gasteiger charge is 2.29. The van der Waals surface area contributed by atoms with Crippen molar-refractivity contribution >= 4 is 23.2 Å². The molecule has 1 aromatic carbocycles. The molecule has 0 radical (unpaired) electrons. The second kappa shape index (κ2) is 10.7. The number of aliphatic hydroxyl groups is 1. The number of hydrogen-bond donors (Lipinski definition) is 4. The second-order valence-corrected chi connectivity index (χ2v) is 6.93. The second-order valence-electron chi connectivity index (χ2n) is 5.96. The highest BCUT2D eigenvalue weighted by Crippen LogP contribution is 2.08. The Bertz CT molecular complexity index is 711. The van der Waals surface area contributed by atoms with E-state index in [-0.39, 0.29) is 19.6 Å². The summed E-state index contributed by atoms with van der Waals surface area (Å²) in [5, 5.41) is 18.3. The minimum Gasteiger partial charge on any atom is -0.383 e. The number of nitrogens with two attached hydrogens (primary N) is 1. The molecule has 0 bridgehead atoms. The van der Waals surface area contributed by atoms with Gasteiger partial charge in [0.15, 0.2) is 6.10 Å². The van der Waals surface area contributed by atoms with Crippen molar-refractivity contribution in [2.45, 2.75) is 31.2 Å². The molecule has 1 heterocycles. The zero-order valence-electron chi connectivity index (χ0n) is 15.0. The van der Waals surface area contributed by atoms with Crippen molar-refractivity contribution < 1.29 is 19.4 Å². The lowest BCUT2D eigenvalue weighted by atomic mass is 10.00. The predicted octanol–water partition coefficient (Wildman–Crippen LogP) is -0.179. The number of aromatic nitrogens is 1. The molecule has 8 nitrogen and oxygen atoms in total. The van der Waals surface area contributed by atoms with Gasteiger partial charge in [0.2, 0.25) is 5.91 Å². The van der Waals surface area contributed by atoms with E-state index in [0.29, 0.717) is 0 Å². The number of hydrogen-bond acceptors (Lipinski definition) is 7. The summed E-state index contributed by atoms with van der Waals surface area (Å²) in [5.41, 5.74) is 6.61. The number of rotatable bonds is 10. The van der Waals surface area contributed by atoms with Crippen LogP contribution >= 0.6 is 11.3 Å². The third-order valence-corrected chi connectivity index (χ3v) is 4.64. The number of ether oxygens (including phenoxy) is 1. The Kier molecular flexibility index (Phi) is 8.34. The van der Waals surface area contributed by atoms with Gasteiger partial charge in [-0.1, -0.05) is 30.3 Å². The molecule has 2 aromatic rings. The van der Waals surface area contributed by atoms with E-state index in [0.717, 1.165) is 10.6 Å². The van der Waals surface area contributed by atoms with E-state index in [1.54, 1.807) is 11.6 Å². The van der Waals surface area contributed by atoms with Gasteiger partial charge in [-0.05, 0) is 12.0 Å². The Labute approximate surface area is 161 Å². The monoisotopic (exact) mass is 392 g/mol. The number of aliphatic hydroxyl groups excluding tert-OH is 1. The first-order valence-corrected chi connectivity index (χ1v) is 9.32. The molecule has 0 fully saturated rings. The molecule has 0 unspecified atom stereocenters. The number of thiazole rings is 1. The average molecular weight is 392 g/mol. The first-order valence-electron chi connectivity index (χ1n) is 8.44. The average Bonchev–Trinajstić information content (AvgIpc) is 3.19. The van der Waals surface area contributed by atoms with Gasteiger partial charge >= 0.3 is 0 Å². The highest BCUT2D eigenvalue weighted by atomic mass is 32.1. The van der Waals surface area contributed by atoms with E-state index in [2.05, 4.69) is 15.6 Å². The highest BCUT2D eigenvalue weighted by molar-refractivity contribution is 7.09. The summed E-state index contributed by atoms with van der Waals surface area (Å²) in [6.45, 7) is 0.249. The van der Waals surface area contributed by atoms with E-state index in [1.807, 2.05) is 30.3 Å². The molecule has 0 aliphatic heterocycles. The molecule has 0 saturated carbocycles. The molecular weight excluding hydrogens is 368 g/mol. The Morgan fingerprint density at radius 1 is 1.30 bits per heavy atom. The van der Waals surface area contributed by atoms with E-state index in [4.69, 9.17) is 10.5 Å². The van der Waals surface area contributed by atoms with Gasteiger partial charge in [0.25, 0.3) is 5.91 Å². The van der Waals surface area contributed by atoms with E-state index < -0.39 is 30.0 Å². The van der Waals surface area contributed by atoms with Crippen molar-refractivity contribution in [2.24, 2.45) is 5.73 Å². The lowest BCUT2D eigenvalue weighted by Crippen LogP contribution is -2.55. The Morgan fingerprint density at radius 3 is 2.67 bits per heavy atom. The fraction of sp³-hybridized carbons (Fsp3) is 0.389. The van der Waals surface area contributed by atoms with Gasteiger partial charge in [0.05, 0.1) is 19.2 Å². The van der Waals surface area contributed by atoms with E-state index in [9.17, 15) is 14.7 Å². The summed E-state index contributed by atoms with van der Waals surface area (Å²) in [7, 11) is 1.44. The van der Waals surface area contributed by atoms with E-state index >= 15 is 0 Å². The maximum atomic E-state index is 12.4. The van der Waals surface area contributed by atoms with Gasteiger partial charge in [0, 0.05) is 18.7 Å². The Hall–Kier alpha value is -2.33. The number of nitrogens with zero attached hydrogens (tertiary/aromatic N) is 1. The van der Waals surface area contributed by atoms with Gasteiger partial charge < -0.3 is 26.2 Å². The van der Waals surface area contributed by atoms with Crippen molar-refractivity contribution in [3.63, 3.8) is 0 Å². The third-order valence-electron chi connectivity index (χ3n) is 3.86. The fourth-order valence-corrected chi connectivity index (χ4v) is 3.00. The summed E-state index contributed by atoms with van der Waals surface area (Å²) in [5.74, 6) is -1.09. The largest absolute Gasteiger partial charge is 0.383 e. The molecule has 1 aromatic heterocycles. The van der Waals surface area contributed by atoms with Gasteiger partial charge in [-0.2, -0.15) is 0 Å². The number of amides is 2. The van der Waals surface area contributed by atoms with Crippen molar-refractivity contribution in [3.05, 3.63) is 52.5 Å². The molecule has 0 spiro atoms. The van der Waals surface area contributed by atoms with Crippen LogP contribution < -0.4 is 16.4 Å². The van der Waals surface area contributed by atoms with Crippen LogP contribution in [0.25, 0.3) is 0 Å². The summed E-state index contributed by atoms with van der Waals surface area (Å²) < 4.78 is 4.88. The molecule has 0 saturated heterocycles. The first-order chi connectivity index (χ1) is 13.0. The molecule has 2 rings (SSSR count). The van der Waals surface area contributed by atoms with Crippen molar-refractivity contribution in [3.8, 4) is 0 Å². The van der Waals surface area contributed by atoms with Crippen LogP contribution in [0.2, 0.25) is 0 Å². The van der Waals surface area contributed by atoms with Crippen molar-refractivity contribution in [1.82, 2.24) is 15.6 Å². The first kappa shape index (κ1) is 21.0. The number of methoxy groups -OCH3 is 1. The van der Waals surface area contributed by atoms with Crippen LogP contribution in [0.4, 0.5) is 0 Å². The summed E-state index contributed by atoms with van der Waals surface area (Å²) in [6, 6.07) is 7.54. The molecule has 146 valence electrons. The number of carbonyl (C=O) groups is 2. The number of benzene rings is 1. The van der Waals surface area contributed by atoms with Crippen molar-refractivity contribution in [1.29, 1.82) is 0 Å². The molecule has 0 aliphatic rings. The van der Waals surface area contributed by atoms with Crippen LogP contribution in [0, 0.1) is 0 Å². The van der Waals surface area contributed by atoms with Gasteiger partial charge in [-0.25, -0.2) is 4.98 Å². The zero-order chi connectivity index (χ0) is 19.6. The SMILES string of the molecule is COC[C@@H](N)C(=O)N[C@H](Cc1ccccc1)[C@H](O)C(=O)NCc1nccs1. The van der Waals surface area contributed by atoms with Crippen LogP contribution in [-0.2, 0) is 27.3 Å². The molecule has 9 heteroatoms. The summed E-state index contributed by atoms with van der Waals surface area (Å²) in [6.07, 6.45) is 0.472. The number of carbonyl (C=O) groups excluding carboxylic acids is 2. The fourth-order valence-electron chi connectivity index (χ4n) is 2.44. The Balaban J connectivity index is 2.04. The molecular formula is C18H24N4O4S. The normalized spacial score (nSPS) is 14.2. The lowest BCUT2D eigenvalue weighted by Gasteiger charge is -2.25.